The second-order valence-electron chi connectivity index (χ2n) is 5.61. The van der Waals surface area contributed by atoms with E-state index in [1.807, 2.05) is 30.3 Å². The summed E-state index contributed by atoms with van der Waals surface area (Å²) < 4.78 is 23.7. The molecule has 146 valence electrons. The molecular formula is C20H20FIN4O2. The lowest BCUT2D eigenvalue weighted by Crippen LogP contribution is -2.22. The van der Waals surface area contributed by atoms with Gasteiger partial charge in [-0.2, -0.15) is 0 Å². The van der Waals surface area contributed by atoms with Gasteiger partial charge in [0, 0.05) is 18.0 Å². The van der Waals surface area contributed by atoms with Gasteiger partial charge in [0.1, 0.15) is 17.3 Å². The van der Waals surface area contributed by atoms with Crippen molar-refractivity contribution in [3.05, 3.63) is 78.2 Å². The number of methoxy groups -OCH3 is 1. The number of ether oxygens (including phenoxy) is 2. The van der Waals surface area contributed by atoms with E-state index in [1.165, 1.54) is 12.1 Å². The Morgan fingerprint density at radius 1 is 1.07 bits per heavy atom. The van der Waals surface area contributed by atoms with Gasteiger partial charge in [0.2, 0.25) is 5.88 Å². The number of nitrogens with zero attached hydrogens (tertiary/aromatic N) is 2. The summed E-state index contributed by atoms with van der Waals surface area (Å²) in [6.45, 7) is 0.358. The van der Waals surface area contributed by atoms with Crippen molar-refractivity contribution < 1.29 is 13.9 Å². The second kappa shape index (κ2) is 10.5. The summed E-state index contributed by atoms with van der Waals surface area (Å²) in [5.41, 5.74) is 7.61. The van der Waals surface area contributed by atoms with Gasteiger partial charge in [0.15, 0.2) is 5.96 Å². The van der Waals surface area contributed by atoms with Gasteiger partial charge in [-0.3, -0.25) is 0 Å². The highest BCUT2D eigenvalue weighted by molar-refractivity contribution is 14.0. The average Bonchev–Trinajstić information content (AvgIpc) is 2.69. The van der Waals surface area contributed by atoms with E-state index in [0.717, 1.165) is 17.0 Å². The van der Waals surface area contributed by atoms with Crippen LogP contribution in [-0.4, -0.2) is 18.1 Å². The summed E-state index contributed by atoms with van der Waals surface area (Å²) in [6, 6.07) is 16.7. The van der Waals surface area contributed by atoms with Crippen LogP contribution >= 0.6 is 24.0 Å². The van der Waals surface area contributed by atoms with E-state index in [-0.39, 0.29) is 35.8 Å². The third kappa shape index (κ3) is 6.38. The molecule has 0 unspecified atom stereocenters. The topological polar surface area (TPSA) is 81.8 Å². The molecule has 0 saturated carbocycles. The van der Waals surface area contributed by atoms with E-state index in [9.17, 15) is 4.39 Å². The Morgan fingerprint density at radius 2 is 1.75 bits per heavy atom. The molecule has 8 heteroatoms. The highest BCUT2D eigenvalue weighted by atomic mass is 127. The summed E-state index contributed by atoms with van der Waals surface area (Å²) in [5, 5.41) is 3.01. The largest absolute Gasteiger partial charge is 0.497 e. The molecule has 1 aromatic heterocycles. The average molecular weight is 494 g/mol. The smallest absolute Gasteiger partial charge is 0.219 e. The molecule has 3 N–H and O–H groups in total. The Bertz CT molecular complexity index is 918. The fourth-order valence-electron chi connectivity index (χ4n) is 2.27. The first kappa shape index (κ1) is 21.4. The normalized spacial score (nSPS) is 10.7. The van der Waals surface area contributed by atoms with Crippen LogP contribution in [0.25, 0.3) is 0 Å². The first-order valence-electron chi connectivity index (χ1n) is 8.22. The molecule has 0 aliphatic heterocycles. The number of anilines is 1. The molecule has 3 aromatic rings. The zero-order valence-corrected chi connectivity index (χ0v) is 17.5. The third-order valence-electron chi connectivity index (χ3n) is 3.63. The Balaban J connectivity index is 0.00000280. The molecule has 28 heavy (non-hydrogen) atoms. The van der Waals surface area contributed by atoms with Crippen molar-refractivity contribution in [1.29, 1.82) is 0 Å². The van der Waals surface area contributed by atoms with Gasteiger partial charge < -0.3 is 20.5 Å². The van der Waals surface area contributed by atoms with Gasteiger partial charge in [-0.15, -0.1) is 24.0 Å². The van der Waals surface area contributed by atoms with Gasteiger partial charge in [-0.1, -0.05) is 0 Å². The number of pyridine rings is 1. The van der Waals surface area contributed by atoms with Crippen molar-refractivity contribution in [2.24, 2.45) is 10.7 Å². The SMILES string of the molecule is COc1ccc(NC(N)=NCc2ccnc(Oc3ccc(F)cc3)c2)cc1.I. The molecule has 6 nitrogen and oxygen atoms in total. The highest BCUT2D eigenvalue weighted by Gasteiger charge is 2.02. The van der Waals surface area contributed by atoms with Gasteiger partial charge in [0.25, 0.3) is 0 Å². The molecule has 0 fully saturated rings. The number of hydrogen-bond donors (Lipinski definition) is 2. The predicted octanol–water partition coefficient (Wildman–Crippen LogP) is 4.57. The molecule has 0 spiro atoms. The van der Waals surface area contributed by atoms with Crippen LogP contribution in [0.5, 0.6) is 17.4 Å². The molecule has 3 rings (SSSR count). The summed E-state index contributed by atoms with van der Waals surface area (Å²) in [5.74, 6) is 1.64. The number of hydrogen-bond acceptors (Lipinski definition) is 4. The summed E-state index contributed by atoms with van der Waals surface area (Å²) >= 11 is 0. The number of guanidine groups is 1. The first-order chi connectivity index (χ1) is 13.1. The number of nitrogens with two attached hydrogens (primary N) is 1. The van der Waals surface area contributed by atoms with E-state index in [1.54, 1.807) is 31.5 Å². The number of benzene rings is 2. The Labute approximate surface area is 179 Å². The summed E-state index contributed by atoms with van der Waals surface area (Å²) in [4.78, 5) is 8.46. The van der Waals surface area contributed by atoms with Crippen LogP contribution < -0.4 is 20.5 Å². The van der Waals surface area contributed by atoms with Gasteiger partial charge in [-0.25, -0.2) is 14.4 Å². The van der Waals surface area contributed by atoms with Crippen molar-refractivity contribution >= 4 is 35.6 Å². The van der Waals surface area contributed by atoms with Crippen molar-refractivity contribution in [1.82, 2.24) is 4.98 Å². The van der Waals surface area contributed by atoms with Crippen LogP contribution in [-0.2, 0) is 6.54 Å². The lowest BCUT2D eigenvalue weighted by atomic mass is 10.2. The maximum Gasteiger partial charge on any atom is 0.219 e. The number of rotatable bonds is 6. The van der Waals surface area contributed by atoms with Crippen LogP contribution in [0.2, 0.25) is 0 Å². The van der Waals surface area contributed by atoms with Crippen LogP contribution in [0, 0.1) is 5.82 Å². The van der Waals surface area contributed by atoms with Gasteiger partial charge in [0.05, 0.1) is 13.7 Å². The molecule has 0 saturated heterocycles. The van der Waals surface area contributed by atoms with Crippen LogP contribution in [0.4, 0.5) is 10.1 Å². The minimum atomic E-state index is -0.321. The zero-order valence-electron chi connectivity index (χ0n) is 15.1. The maximum absolute atomic E-state index is 12.9. The highest BCUT2D eigenvalue weighted by Crippen LogP contribution is 2.20. The number of aromatic nitrogens is 1. The fraction of sp³-hybridized carbons (Fsp3) is 0.100. The lowest BCUT2D eigenvalue weighted by Gasteiger charge is -2.08. The minimum Gasteiger partial charge on any atom is -0.497 e. The van der Waals surface area contributed by atoms with Crippen LogP contribution in [0.1, 0.15) is 5.56 Å². The molecule has 0 atom stereocenters. The van der Waals surface area contributed by atoms with E-state index in [2.05, 4.69) is 15.3 Å². The fourth-order valence-corrected chi connectivity index (χ4v) is 2.27. The summed E-state index contributed by atoms with van der Waals surface area (Å²) in [6.07, 6.45) is 1.62. The number of halogens is 2. The third-order valence-corrected chi connectivity index (χ3v) is 3.63. The standard InChI is InChI=1S/C20H19FN4O2.HI/c1-26-17-8-4-16(5-9-17)25-20(22)24-13-14-10-11-23-19(12-14)27-18-6-2-15(21)3-7-18;/h2-12H,13H2,1H3,(H3,22,24,25);1H. The summed E-state index contributed by atoms with van der Waals surface area (Å²) in [7, 11) is 1.61. The first-order valence-corrected chi connectivity index (χ1v) is 8.22. The molecular weight excluding hydrogens is 474 g/mol. The quantitative estimate of drug-likeness (QED) is 0.298. The van der Waals surface area contributed by atoms with Gasteiger partial charge in [-0.05, 0) is 60.2 Å². The number of aliphatic imine (C=N–C) groups is 1. The molecule has 2 aromatic carbocycles. The molecule has 0 bridgehead atoms. The van der Waals surface area contributed by atoms with Crippen molar-refractivity contribution in [2.45, 2.75) is 6.54 Å². The minimum absolute atomic E-state index is 0. The van der Waals surface area contributed by atoms with E-state index in [0.29, 0.717) is 18.2 Å². The Morgan fingerprint density at radius 3 is 2.43 bits per heavy atom. The zero-order chi connectivity index (χ0) is 19.1. The van der Waals surface area contributed by atoms with E-state index in [4.69, 9.17) is 15.2 Å². The maximum atomic E-state index is 12.9. The molecule has 0 aliphatic carbocycles. The Hall–Kier alpha value is -2.88. The van der Waals surface area contributed by atoms with Crippen LogP contribution in [0.15, 0.2) is 71.9 Å². The van der Waals surface area contributed by atoms with Crippen molar-refractivity contribution in [3.8, 4) is 17.4 Å². The molecule has 1 heterocycles. The van der Waals surface area contributed by atoms with Crippen molar-refractivity contribution in [2.75, 3.05) is 12.4 Å². The van der Waals surface area contributed by atoms with Crippen LogP contribution in [0.3, 0.4) is 0 Å². The monoisotopic (exact) mass is 494 g/mol. The van der Waals surface area contributed by atoms with E-state index >= 15 is 0 Å². The Kier molecular flexibility index (Phi) is 8.00. The van der Waals surface area contributed by atoms with Gasteiger partial charge >= 0.3 is 0 Å². The second-order valence-corrected chi connectivity index (χ2v) is 5.61. The number of nitrogens with one attached hydrogen (secondary N) is 1. The molecule has 0 amide bonds. The molecule has 0 aliphatic rings. The molecule has 0 radical (unpaired) electrons. The van der Waals surface area contributed by atoms with Crippen molar-refractivity contribution in [3.63, 3.8) is 0 Å². The lowest BCUT2D eigenvalue weighted by molar-refractivity contribution is 0.415. The predicted molar refractivity (Wildman–Crippen MR) is 118 cm³/mol. The van der Waals surface area contributed by atoms with E-state index < -0.39 is 0 Å².